The number of nitrogens with zero attached hydrogens (tertiary/aromatic N) is 2. The van der Waals surface area contributed by atoms with Crippen molar-refractivity contribution in [2.24, 2.45) is 0 Å². The highest BCUT2D eigenvalue weighted by molar-refractivity contribution is 6.19. The average Bonchev–Trinajstić information content (AvgIpc) is 3.57. The van der Waals surface area contributed by atoms with Gasteiger partial charge in [0.25, 0.3) is 11.8 Å². The molecule has 6 rings (SSSR count). The second-order valence-electron chi connectivity index (χ2n) is 9.98. The van der Waals surface area contributed by atoms with Gasteiger partial charge in [-0.25, -0.2) is 4.98 Å². The average molecular weight is 571 g/mol. The van der Waals surface area contributed by atoms with E-state index in [2.05, 4.69) is 15.3 Å². The first-order chi connectivity index (χ1) is 19.9. The molecule has 9 nitrogen and oxygen atoms in total. The Bertz CT molecular complexity index is 1800. The van der Waals surface area contributed by atoms with Gasteiger partial charge < -0.3 is 30.2 Å². The number of halogens is 1. The molecule has 0 spiro atoms. The predicted molar refractivity (Wildman–Crippen MR) is 159 cm³/mol. The van der Waals surface area contributed by atoms with E-state index < -0.39 is 0 Å². The molecule has 0 unspecified atom stereocenters. The van der Waals surface area contributed by atoms with Crippen LogP contribution in [0, 0.1) is 6.92 Å². The van der Waals surface area contributed by atoms with Crippen molar-refractivity contribution in [2.75, 3.05) is 35.9 Å². The van der Waals surface area contributed by atoms with Crippen molar-refractivity contribution in [3.05, 3.63) is 89.2 Å². The number of aromatic hydroxyl groups is 1. The van der Waals surface area contributed by atoms with Gasteiger partial charge >= 0.3 is 0 Å². The first kappa shape index (κ1) is 26.6. The fourth-order valence-electron chi connectivity index (χ4n) is 5.43. The summed E-state index contributed by atoms with van der Waals surface area (Å²) in [5.41, 5.74) is 4.04. The molecule has 0 saturated heterocycles. The molecule has 5 aromatic rings. The normalized spacial score (nSPS) is 14.4. The lowest BCUT2D eigenvalue weighted by molar-refractivity contribution is 0.0983. The van der Waals surface area contributed by atoms with Crippen molar-refractivity contribution < 1.29 is 24.5 Å². The minimum absolute atomic E-state index is 0.0806. The van der Waals surface area contributed by atoms with Gasteiger partial charge in [0.2, 0.25) is 0 Å². The minimum Gasteiger partial charge on any atom is -0.507 e. The summed E-state index contributed by atoms with van der Waals surface area (Å²) in [6.07, 6.45) is 1.57. The molecule has 1 aliphatic rings. The molecular formula is C31H27ClN4O5. The number of nitrogens with one attached hydrogen (secondary N) is 2. The van der Waals surface area contributed by atoms with E-state index in [-0.39, 0.29) is 36.7 Å². The number of fused-ring (bicyclic) bond motifs is 4. The molecule has 0 saturated carbocycles. The summed E-state index contributed by atoms with van der Waals surface area (Å²) >= 11 is 6.37. The van der Waals surface area contributed by atoms with E-state index in [9.17, 15) is 14.7 Å². The number of ether oxygens (including phenoxy) is 1. The number of aromatic amines is 1. The highest BCUT2D eigenvalue weighted by Crippen LogP contribution is 2.46. The number of aryl methyl sites for hydroxylation is 1. The maximum absolute atomic E-state index is 13.8. The van der Waals surface area contributed by atoms with Gasteiger partial charge in [-0.05, 0) is 59.8 Å². The maximum Gasteiger partial charge on any atom is 0.274 e. The van der Waals surface area contributed by atoms with Gasteiger partial charge in [-0.2, -0.15) is 0 Å². The first-order valence-electron chi connectivity index (χ1n) is 13.1. The molecule has 0 radical (unpaired) electrons. The minimum atomic E-state index is -0.347. The van der Waals surface area contributed by atoms with Crippen LogP contribution >= 0.6 is 11.6 Å². The molecule has 0 aliphatic carbocycles. The maximum atomic E-state index is 13.8. The van der Waals surface area contributed by atoms with E-state index in [0.29, 0.717) is 51.8 Å². The van der Waals surface area contributed by atoms with Crippen LogP contribution in [0.25, 0.3) is 21.7 Å². The van der Waals surface area contributed by atoms with Crippen molar-refractivity contribution in [1.29, 1.82) is 0 Å². The lowest BCUT2D eigenvalue weighted by Gasteiger charge is -2.18. The third kappa shape index (κ3) is 4.83. The number of rotatable bonds is 7. The van der Waals surface area contributed by atoms with Crippen LogP contribution in [0.4, 0.5) is 11.5 Å². The lowest BCUT2D eigenvalue weighted by atomic mass is 9.92. The standard InChI is InChI=1S/C31H27ClN4O5/c1-17-3-2-4-22-26(38)13-25-29(28(17)22)20(14-32)16-36(25)31(40)23-11-19-12-27(33-15-24(19)34-23)35-30(39)18-5-7-21(8-6-18)41-10-9-37/h2-8,11-13,15,20,34,37-38H,9-10,14,16H2,1H3,(H,33,35,39)/t20-/m1/s1. The Morgan fingerprint density at radius 2 is 1.98 bits per heavy atom. The summed E-state index contributed by atoms with van der Waals surface area (Å²) in [5, 5.41) is 24.8. The number of anilines is 2. The molecule has 2 aromatic heterocycles. The SMILES string of the molecule is Cc1cccc2c(O)cc3c(c12)[C@H](CCl)CN3C(=O)c1cc2cc(NC(=O)c3ccc(OCCO)cc3)ncc2[nH]1. The van der Waals surface area contributed by atoms with Gasteiger partial charge in [-0.1, -0.05) is 18.2 Å². The zero-order valence-corrected chi connectivity index (χ0v) is 22.9. The second-order valence-corrected chi connectivity index (χ2v) is 10.3. The number of aliphatic hydroxyl groups excluding tert-OH is 1. The number of amides is 2. The number of aliphatic hydroxyl groups is 1. The molecule has 41 heavy (non-hydrogen) atoms. The Kier molecular flexibility index (Phi) is 6.98. The number of benzene rings is 3. The van der Waals surface area contributed by atoms with Crippen molar-refractivity contribution in [3.63, 3.8) is 0 Å². The lowest BCUT2D eigenvalue weighted by Crippen LogP contribution is -2.30. The Balaban J connectivity index is 1.26. The van der Waals surface area contributed by atoms with Crippen LogP contribution in [0.3, 0.4) is 0 Å². The highest BCUT2D eigenvalue weighted by atomic mass is 35.5. The molecule has 208 valence electrons. The van der Waals surface area contributed by atoms with E-state index in [1.54, 1.807) is 53.6 Å². The Hall–Kier alpha value is -4.60. The number of H-pyrrole nitrogens is 1. The van der Waals surface area contributed by atoms with Gasteiger partial charge in [0.05, 0.1) is 24.0 Å². The van der Waals surface area contributed by atoms with Gasteiger partial charge in [-0.3, -0.25) is 9.59 Å². The molecule has 2 amide bonds. The van der Waals surface area contributed by atoms with Gasteiger partial charge in [0, 0.05) is 40.7 Å². The van der Waals surface area contributed by atoms with E-state index in [1.165, 1.54) is 0 Å². The monoisotopic (exact) mass is 570 g/mol. The third-order valence-electron chi connectivity index (χ3n) is 7.35. The zero-order chi connectivity index (χ0) is 28.7. The van der Waals surface area contributed by atoms with E-state index >= 15 is 0 Å². The van der Waals surface area contributed by atoms with Crippen LogP contribution < -0.4 is 15.0 Å². The van der Waals surface area contributed by atoms with Crippen LogP contribution in [0.2, 0.25) is 0 Å². The quantitative estimate of drug-likeness (QED) is 0.196. The fourth-order valence-corrected chi connectivity index (χ4v) is 5.68. The van der Waals surface area contributed by atoms with E-state index in [4.69, 9.17) is 21.4 Å². The van der Waals surface area contributed by atoms with Crippen LogP contribution in [-0.2, 0) is 0 Å². The van der Waals surface area contributed by atoms with Gasteiger partial charge in [0.1, 0.15) is 29.6 Å². The number of phenolic OH excluding ortho intramolecular Hbond substituents is 1. The summed E-state index contributed by atoms with van der Waals surface area (Å²) in [7, 11) is 0. The summed E-state index contributed by atoms with van der Waals surface area (Å²) < 4.78 is 5.33. The fraction of sp³-hybridized carbons (Fsp3) is 0.194. The Morgan fingerprint density at radius 1 is 1.17 bits per heavy atom. The third-order valence-corrected chi connectivity index (χ3v) is 7.73. The molecule has 0 bridgehead atoms. The Labute approximate surface area is 240 Å². The number of hydrogen-bond donors (Lipinski definition) is 4. The van der Waals surface area contributed by atoms with Gasteiger partial charge in [0.15, 0.2) is 0 Å². The molecule has 1 aliphatic heterocycles. The first-order valence-corrected chi connectivity index (χ1v) is 13.7. The summed E-state index contributed by atoms with van der Waals surface area (Å²) in [6.45, 7) is 2.46. The van der Waals surface area contributed by atoms with Gasteiger partial charge in [-0.15, -0.1) is 11.6 Å². The van der Waals surface area contributed by atoms with Crippen molar-refractivity contribution >= 4 is 56.6 Å². The molecule has 10 heteroatoms. The molecule has 4 N–H and O–H groups in total. The smallest absolute Gasteiger partial charge is 0.274 e. The number of phenols is 1. The molecular weight excluding hydrogens is 544 g/mol. The predicted octanol–water partition coefficient (Wildman–Crippen LogP) is 5.34. The second kappa shape index (κ2) is 10.8. The highest BCUT2D eigenvalue weighted by Gasteiger charge is 2.35. The summed E-state index contributed by atoms with van der Waals surface area (Å²) in [5.74, 6) is 0.658. The summed E-state index contributed by atoms with van der Waals surface area (Å²) in [4.78, 5) is 35.6. The van der Waals surface area contributed by atoms with Crippen LogP contribution in [0.5, 0.6) is 11.5 Å². The van der Waals surface area contributed by atoms with Crippen LogP contribution in [0.15, 0.2) is 66.9 Å². The Morgan fingerprint density at radius 3 is 2.73 bits per heavy atom. The molecule has 0 fully saturated rings. The van der Waals surface area contributed by atoms with Crippen molar-refractivity contribution in [3.8, 4) is 11.5 Å². The van der Waals surface area contributed by atoms with Crippen LogP contribution in [-0.4, -0.2) is 57.6 Å². The van der Waals surface area contributed by atoms with Crippen molar-refractivity contribution in [1.82, 2.24) is 9.97 Å². The van der Waals surface area contributed by atoms with E-state index in [1.807, 2.05) is 25.1 Å². The number of carbonyl (C=O) groups excluding carboxylic acids is 2. The number of pyridine rings is 1. The van der Waals surface area contributed by atoms with E-state index in [0.717, 1.165) is 21.9 Å². The molecule has 3 aromatic carbocycles. The number of aromatic nitrogens is 2. The van der Waals surface area contributed by atoms with Crippen molar-refractivity contribution in [2.45, 2.75) is 12.8 Å². The number of carbonyl (C=O) groups is 2. The molecule has 1 atom stereocenters. The summed E-state index contributed by atoms with van der Waals surface area (Å²) in [6, 6.07) is 17.4. The zero-order valence-electron chi connectivity index (χ0n) is 22.1. The topological polar surface area (TPSA) is 128 Å². The number of hydrogen-bond acceptors (Lipinski definition) is 6. The van der Waals surface area contributed by atoms with Crippen LogP contribution in [0.1, 0.15) is 37.9 Å². The molecule has 3 heterocycles. The number of alkyl halides is 1. The largest absolute Gasteiger partial charge is 0.507 e.